The molecule has 0 saturated carbocycles. The molecule has 0 aliphatic carbocycles. The average molecular weight is 200 g/mol. The number of rotatable bonds is 4. The van der Waals surface area contributed by atoms with Gasteiger partial charge in [0.25, 0.3) is 0 Å². The zero-order chi connectivity index (χ0) is 10.4. The Labute approximate surface area is 87.8 Å². The quantitative estimate of drug-likeness (QED) is 0.684. The van der Waals surface area contributed by atoms with Crippen molar-refractivity contribution in [2.24, 2.45) is 5.92 Å². The second-order valence-corrected chi connectivity index (χ2v) is 4.52. The summed E-state index contributed by atoms with van der Waals surface area (Å²) in [5, 5.41) is 3.54. The highest BCUT2D eigenvalue weighted by atomic mass is 16.5. The first-order valence-electron chi connectivity index (χ1n) is 5.67. The fourth-order valence-electron chi connectivity index (χ4n) is 2.05. The first-order valence-corrected chi connectivity index (χ1v) is 5.67. The van der Waals surface area contributed by atoms with E-state index < -0.39 is 0 Å². The van der Waals surface area contributed by atoms with E-state index in [1.54, 1.807) is 7.11 Å². The molecule has 0 spiro atoms. The van der Waals surface area contributed by atoms with Gasteiger partial charge in [-0.05, 0) is 25.8 Å². The highest BCUT2D eigenvalue weighted by Gasteiger charge is 2.17. The monoisotopic (exact) mass is 200 g/mol. The summed E-state index contributed by atoms with van der Waals surface area (Å²) in [7, 11) is 1.77. The number of nitrogens with zero attached hydrogens (tertiary/aromatic N) is 1. The van der Waals surface area contributed by atoms with Gasteiger partial charge < -0.3 is 15.0 Å². The largest absolute Gasteiger partial charge is 0.385 e. The van der Waals surface area contributed by atoms with Crippen molar-refractivity contribution in [3.05, 3.63) is 0 Å². The van der Waals surface area contributed by atoms with Crippen LogP contribution in [0.1, 0.15) is 20.3 Å². The summed E-state index contributed by atoms with van der Waals surface area (Å²) in [6, 6.07) is 0.627. The van der Waals surface area contributed by atoms with Crippen LogP contribution in [0.25, 0.3) is 0 Å². The zero-order valence-electron chi connectivity index (χ0n) is 9.75. The Morgan fingerprint density at radius 3 is 2.86 bits per heavy atom. The second-order valence-electron chi connectivity index (χ2n) is 4.52. The Morgan fingerprint density at radius 2 is 2.14 bits per heavy atom. The van der Waals surface area contributed by atoms with Crippen molar-refractivity contribution in [3.8, 4) is 0 Å². The lowest BCUT2D eigenvalue weighted by Crippen LogP contribution is -2.36. The number of methoxy groups -OCH3 is 1. The molecule has 1 rings (SSSR count). The third kappa shape index (κ3) is 4.40. The van der Waals surface area contributed by atoms with Crippen LogP contribution in [0, 0.1) is 5.92 Å². The van der Waals surface area contributed by atoms with Crippen LogP contribution in [0.5, 0.6) is 0 Å². The molecule has 0 aromatic heterocycles. The summed E-state index contributed by atoms with van der Waals surface area (Å²) in [6.07, 6.45) is 1.15. The molecular weight excluding hydrogens is 176 g/mol. The van der Waals surface area contributed by atoms with Crippen molar-refractivity contribution in [2.45, 2.75) is 26.3 Å². The molecule has 3 heteroatoms. The average Bonchev–Trinajstić information content (AvgIpc) is 2.29. The minimum Gasteiger partial charge on any atom is -0.385 e. The Hall–Kier alpha value is -0.120. The van der Waals surface area contributed by atoms with Crippen molar-refractivity contribution in [1.29, 1.82) is 0 Å². The predicted molar refractivity (Wildman–Crippen MR) is 59.6 cm³/mol. The molecule has 14 heavy (non-hydrogen) atoms. The molecule has 1 aliphatic heterocycles. The Bertz CT molecular complexity index is 140. The van der Waals surface area contributed by atoms with Crippen LogP contribution in [-0.4, -0.2) is 50.8 Å². The van der Waals surface area contributed by atoms with E-state index in [2.05, 4.69) is 24.1 Å². The smallest absolute Gasteiger partial charge is 0.0474 e. The van der Waals surface area contributed by atoms with Crippen LogP contribution in [0.3, 0.4) is 0 Å². The molecule has 0 aromatic rings. The molecule has 2 unspecified atom stereocenters. The van der Waals surface area contributed by atoms with Gasteiger partial charge in [-0.2, -0.15) is 0 Å². The number of nitrogens with one attached hydrogen (secondary N) is 1. The van der Waals surface area contributed by atoms with Gasteiger partial charge >= 0.3 is 0 Å². The predicted octanol–water partition coefficient (Wildman–Crippen LogP) is 0.953. The van der Waals surface area contributed by atoms with Crippen LogP contribution < -0.4 is 5.32 Å². The minimum atomic E-state index is 0.627. The molecule has 1 aliphatic rings. The summed E-state index contributed by atoms with van der Waals surface area (Å²) >= 11 is 0. The first kappa shape index (κ1) is 12.0. The topological polar surface area (TPSA) is 24.5 Å². The van der Waals surface area contributed by atoms with Gasteiger partial charge in [-0.15, -0.1) is 0 Å². The van der Waals surface area contributed by atoms with Crippen LogP contribution in [0.15, 0.2) is 0 Å². The van der Waals surface area contributed by atoms with Crippen molar-refractivity contribution in [1.82, 2.24) is 10.2 Å². The Balaban J connectivity index is 2.26. The Morgan fingerprint density at radius 1 is 1.36 bits per heavy atom. The second kappa shape index (κ2) is 6.38. The van der Waals surface area contributed by atoms with Gasteiger partial charge in [0.2, 0.25) is 0 Å². The third-order valence-electron chi connectivity index (χ3n) is 2.74. The lowest BCUT2D eigenvalue weighted by atomic mass is 10.2. The normalized spacial score (nSPS) is 30.2. The summed E-state index contributed by atoms with van der Waals surface area (Å²) < 4.78 is 5.08. The summed E-state index contributed by atoms with van der Waals surface area (Å²) in [6.45, 7) is 10.2. The van der Waals surface area contributed by atoms with Gasteiger partial charge in [0.05, 0.1) is 0 Å². The van der Waals surface area contributed by atoms with Gasteiger partial charge in [-0.1, -0.05) is 6.92 Å². The van der Waals surface area contributed by atoms with Gasteiger partial charge in [-0.25, -0.2) is 0 Å². The number of hydrogen-bond donors (Lipinski definition) is 1. The van der Waals surface area contributed by atoms with E-state index in [1.165, 1.54) is 19.6 Å². The molecule has 1 fully saturated rings. The van der Waals surface area contributed by atoms with Crippen LogP contribution in [-0.2, 0) is 4.74 Å². The molecule has 0 amide bonds. The maximum absolute atomic E-state index is 5.08. The summed E-state index contributed by atoms with van der Waals surface area (Å²) in [4.78, 5) is 2.55. The number of hydrogen-bond acceptors (Lipinski definition) is 3. The standard InChI is InChI=1S/C11H24N2O/c1-10-7-12-11(2)9-13(8-10)5-4-6-14-3/h10-12H,4-9H2,1-3H3. The lowest BCUT2D eigenvalue weighted by molar-refractivity contribution is 0.167. The zero-order valence-corrected chi connectivity index (χ0v) is 9.75. The van der Waals surface area contributed by atoms with E-state index in [4.69, 9.17) is 4.74 Å². The van der Waals surface area contributed by atoms with Gasteiger partial charge in [0.1, 0.15) is 0 Å². The molecule has 1 saturated heterocycles. The van der Waals surface area contributed by atoms with E-state index in [1.807, 2.05) is 0 Å². The summed E-state index contributed by atoms with van der Waals surface area (Å²) in [5.74, 6) is 0.766. The van der Waals surface area contributed by atoms with E-state index in [0.717, 1.165) is 25.5 Å². The van der Waals surface area contributed by atoms with Crippen molar-refractivity contribution >= 4 is 0 Å². The highest BCUT2D eigenvalue weighted by Crippen LogP contribution is 2.06. The van der Waals surface area contributed by atoms with Crippen molar-refractivity contribution < 1.29 is 4.74 Å². The number of ether oxygens (including phenoxy) is 1. The fourth-order valence-corrected chi connectivity index (χ4v) is 2.05. The molecule has 1 N–H and O–H groups in total. The molecule has 0 radical (unpaired) electrons. The molecule has 84 valence electrons. The van der Waals surface area contributed by atoms with Gasteiger partial charge in [0, 0.05) is 39.4 Å². The van der Waals surface area contributed by atoms with Gasteiger partial charge in [-0.3, -0.25) is 0 Å². The maximum Gasteiger partial charge on any atom is 0.0474 e. The van der Waals surface area contributed by atoms with E-state index in [-0.39, 0.29) is 0 Å². The lowest BCUT2D eigenvalue weighted by Gasteiger charge is -2.23. The fraction of sp³-hybridized carbons (Fsp3) is 1.00. The van der Waals surface area contributed by atoms with Crippen LogP contribution in [0.2, 0.25) is 0 Å². The molecule has 2 atom stereocenters. The van der Waals surface area contributed by atoms with Crippen LogP contribution >= 0.6 is 0 Å². The molecule has 1 heterocycles. The van der Waals surface area contributed by atoms with E-state index in [0.29, 0.717) is 6.04 Å². The van der Waals surface area contributed by atoms with Crippen LogP contribution in [0.4, 0.5) is 0 Å². The SMILES string of the molecule is COCCCN1CC(C)CNC(C)C1. The summed E-state index contributed by atoms with van der Waals surface area (Å²) in [5.41, 5.74) is 0. The molecule has 3 nitrogen and oxygen atoms in total. The van der Waals surface area contributed by atoms with Crippen molar-refractivity contribution in [3.63, 3.8) is 0 Å². The first-order chi connectivity index (χ1) is 6.72. The molecule has 0 bridgehead atoms. The minimum absolute atomic E-state index is 0.627. The van der Waals surface area contributed by atoms with Gasteiger partial charge in [0.15, 0.2) is 0 Å². The maximum atomic E-state index is 5.08. The third-order valence-corrected chi connectivity index (χ3v) is 2.74. The molecule has 0 aromatic carbocycles. The van der Waals surface area contributed by atoms with E-state index >= 15 is 0 Å². The van der Waals surface area contributed by atoms with Crippen molar-refractivity contribution in [2.75, 3.05) is 39.9 Å². The van der Waals surface area contributed by atoms with E-state index in [9.17, 15) is 0 Å². The molecular formula is C11H24N2O. The highest BCUT2D eigenvalue weighted by molar-refractivity contribution is 4.76. The Kier molecular flexibility index (Phi) is 5.45.